The number of carbonyl (C=O) groups excluding carboxylic acids is 3. The van der Waals surface area contributed by atoms with Crippen LogP contribution in [0.4, 0.5) is 4.39 Å². The first-order valence-corrected chi connectivity index (χ1v) is 7.57. The number of nitrogens with one attached hydrogen (secondary N) is 1. The summed E-state index contributed by atoms with van der Waals surface area (Å²) in [5, 5.41) is 2.11. The zero-order valence-corrected chi connectivity index (χ0v) is 13.9. The summed E-state index contributed by atoms with van der Waals surface area (Å²) in [5.41, 5.74) is 0.782. The molecule has 0 heterocycles. The minimum atomic E-state index is -0.774. The molecule has 0 unspecified atom stereocenters. The first kappa shape index (κ1) is 18.9. The SMILES string of the molecule is COc1ccccc1C(=O)NC(=O)COC(=O)C=Cc1ccc(F)cc1. The summed E-state index contributed by atoms with van der Waals surface area (Å²) in [5.74, 6) is -2.28. The quantitative estimate of drug-likeness (QED) is 0.634. The van der Waals surface area contributed by atoms with Crippen molar-refractivity contribution in [2.75, 3.05) is 13.7 Å². The van der Waals surface area contributed by atoms with Crippen molar-refractivity contribution in [3.05, 3.63) is 71.6 Å². The molecule has 0 atom stereocenters. The predicted molar refractivity (Wildman–Crippen MR) is 91.9 cm³/mol. The van der Waals surface area contributed by atoms with Gasteiger partial charge in [-0.05, 0) is 35.9 Å². The van der Waals surface area contributed by atoms with Crippen LogP contribution in [0, 0.1) is 5.82 Å². The molecule has 1 N–H and O–H groups in total. The Morgan fingerprint density at radius 1 is 1.08 bits per heavy atom. The molecule has 0 aliphatic rings. The Hall–Kier alpha value is -3.48. The van der Waals surface area contributed by atoms with Gasteiger partial charge < -0.3 is 9.47 Å². The Balaban J connectivity index is 1.83. The van der Waals surface area contributed by atoms with Crippen molar-refractivity contribution in [3.63, 3.8) is 0 Å². The molecule has 26 heavy (non-hydrogen) atoms. The fourth-order valence-corrected chi connectivity index (χ4v) is 1.99. The summed E-state index contributed by atoms with van der Waals surface area (Å²) in [4.78, 5) is 35.3. The number of ether oxygens (including phenoxy) is 2. The molecule has 0 aliphatic heterocycles. The third-order valence-corrected chi connectivity index (χ3v) is 3.23. The molecule has 2 aromatic carbocycles. The standard InChI is InChI=1S/C19H16FNO5/c1-25-16-5-3-2-4-15(16)19(24)21-17(22)12-26-18(23)11-8-13-6-9-14(20)10-7-13/h2-11H,12H2,1H3,(H,21,22,24). The van der Waals surface area contributed by atoms with Crippen LogP contribution < -0.4 is 10.1 Å². The van der Waals surface area contributed by atoms with Gasteiger partial charge in [-0.15, -0.1) is 0 Å². The molecule has 0 fully saturated rings. The van der Waals surface area contributed by atoms with E-state index in [4.69, 9.17) is 9.47 Å². The number of carbonyl (C=O) groups is 3. The lowest BCUT2D eigenvalue weighted by Gasteiger charge is -2.08. The molecule has 0 radical (unpaired) electrons. The van der Waals surface area contributed by atoms with Gasteiger partial charge in [0.05, 0.1) is 12.7 Å². The zero-order valence-electron chi connectivity index (χ0n) is 13.9. The Bertz CT molecular complexity index is 830. The van der Waals surface area contributed by atoms with Gasteiger partial charge in [0.25, 0.3) is 11.8 Å². The number of para-hydroxylation sites is 1. The molecular weight excluding hydrogens is 341 g/mol. The van der Waals surface area contributed by atoms with Gasteiger partial charge in [-0.25, -0.2) is 9.18 Å². The van der Waals surface area contributed by atoms with Crippen molar-refractivity contribution >= 4 is 23.9 Å². The second-order valence-corrected chi connectivity index (χ2v) is 5.07. The van der Waals surface area contributed by atoms with Gasteiger partial charge in [-0.1, -0.05) is 24.3 Å². The van der Waals surface area contributed by atoms with Crippen molar-refractivity contribution in [2.24, 2.45) is 0 Å². The number of esters is 1. The summed E-state index contributed by atoms with van der Waals surface area (Å²) in [6.45, 7) is -0.618. The van der Waals surface area contributed by atoms with Gasteiger partial charge >= 0.3 is 5.97 Å². The highest BCUT2D eigenvalue weighted by molar-refractivity contribution is 6.06. The summed E-state index contributed by atoms with van der Waals surface area (Å²) in [6, 6.07) is 11.9. The van der Waals surface area contributed by atoms with E-state index in [0.717, 1.165) is 6.08 Å². The van der Waals surface area contributed by atoms with Gasteiger partial charge in [0.15, 0.2) is 6.61 Å². The van der Waals surface area contributed by atoms with Gasteiger partial charge in [-0.3, -0.25) is 14.9 Å². The van der Waals surface area contributed by atoms with Crippen LogP contribution in [-0.4, -0.2) is 31.5 Å². The Kier molecular flexibility index (Phi) is 6.61. The number of imide groups is 1. The van der Waals surface area contributed by atoms with Crippen LogP contribution in [0.25, 0.3) is 6.08 Å². The Morgan fingerprint density at radius 3 is 2.46 bits per heavy atom. The maximum absolute atomic E-state index is 12.8. The molecule has 2 rings (SSSR count). The number of methoxy groups -OCH3 is 1. The Morgan fingerprint density at radius 2 is 1.77 bits per heavy atom. The predicted octanol–water partition coefficient (Wildman–Crippen LogP) is 2.35. The molecule has 134 valence electrons. The van der Waals surface area contributed by atoms with Crippen LogP contribution >= 0.6 is 0 Å². The van der Waals surface area contributed by atoms with Crippen LogP contribution in [0.15, 0.2) is 54.6 Å². The minimum Gasteiger partial charge on any atom is -0.496 e. The minimum absolute atomic E-state index is 0.186. The van der Waals surface area contributed by atoms with E-state index >= 15 is 0 Å². The van der Waals surface area contributed by atoms with Gasteiger partial charge in [0.1, 0.15) is 11.6 Å². The van der Waals surface area contributed by atoms with Crippen molar-refractivity contribution < 1.29 is 28.2 Å². The molecule has 0 saturated heterocycles. The monoisotopic (exact) mass is 357 g/mol. The molecule has 0 aromatic heterocycles. The van der Waals surface area contributed by atoms with Gasteiger partial charge in [0, 0.05) is 6.08 Å². The average molecular weight is 357 g/mol. The molecule has 0 bridgehead atoms. The fraction of sp³-hybridized carbons (Fsp3) is 0.105. The average Bonchev–Trinajstić information content (AvgIpc) is 2.65. The van der Waals surface area contributed by atoms with E-state index < -0.39 is 24.4 Å². The van der Waals surface area contributed by atoms with Crippen LogP contribution in [0.3, 0.4) is 0 Å². The summed E-state index contributed by atoms with van der Waals surface area (Å²) >= 11 is 0. The molecule has 2 amide bonds. The van der Waals surface area contributed by atoms with Crippen LogP contribution in [0.2, 0.25) is 0 Å². The first-order valence-electron chi connectivity index (χ1n) is 7.57. The van der Waals surface area contributed by atoms with Gasteiger partial charge in [0.2, 0.25) is 0 Å². The number of rotatable bonds is 6. The lowest BCUT2D eigenvalue weighted by molar-refractivity contribution is -0.143. The normalized spacial score (nSPS) is 10.4. The molecule has 7 heteroatoms. The number of hydrogen-bond donors (Lipinski definition) is 1. The van der Waals surface area contributed by atoms with E-state index in [-0.39, 0.29) is 11.4 Å². The summed E-state index contributed by atoms with van der Waals surface area (Å²) in [7, 11) is 1.41. The zero-order chi connectivity index (χ0) is 18.9. The maximum Gasteiger partial charge on any atom is 0.331 e. The number of benzene rings is 2. The second kappa shape index (κ2) is 9.12. The molecule has 0 spiro atoms. The van der Waals surface area contributed by atoms with Crippen molar-refractivity contribution in [3.8, 4) is 5.75 Å². The van der Waals surface area contributed by atoms with Crippen LogP contribution in [0.1, 0.15) is 15.9 Å². The summed E-state index contributed by atoms with van der Waals surface area (Å²) in [6.07, 6.45) is 2.52. The van der Waals surface area contributed by atoms with Gasteiger partial charge in [-0.2, -0.15) is 0 Å². The van der Waals surface area contributed by atoms with E-state index in [1.807, 2.05) is 0 Å². The molecular formula is C19H16FNO5. The van der Waals surface area contributed by atoms with Crippen molar-refractivity contribution in [2.45, 2.75) is 0 Å². The second-order valence-electron chi connectivity index (χ2n) is 5.07. The van der Waals surface area contributed by atoms with Crippen molar-refractivity contribution in [1.29, 1.82) is 0 Å². The lowest BCUT2D eigenvalue weighted by atomic mass is 10.2. The third kappa shape index (κ3) is 5.55. The third-order valence-electron chi connectivity index (χ3n) is 3.23. The number of hydrogen-bond acceptors (Lipinski definition) is 5. The van der Waals surface area contributed by atoms with Crippen LogP contribution in [-0.2, 0) is 14.3 Å². The highest BCUT2D eigenvalue weighted by Gasteiger charge is 2.15. The van der Waals surface area contributed by atoms with Crippen LogP contribution in [0.5, 0.6) is 5.75 Å². The molecule has 0 aliphatic carbocycles. The lowest BCUT2D eigenvalue weighted by Crippen LogP contribution is -2.34. The van der Waals surface area contributed by atoms with E-state index in [2.05, 4.69) is 5.32 Å². The molecule has 2 aromatic rings. The van der Waals surface area contributed by atoms with E-state index in [1.165, 1.54) is 43.5 Å². The number of amides is 2. The largest absolute Gasteiger partial charge is 0.496 e. The maximum atomic E-state index is 12.8. The van der Waals surface area contributed by atoms with E-state index in [9.17, 15) is 18.8 Å². The first-order chi connectivity index (χ1) is 12.5. The highest BCUT2D eigenvalue weighted by Crippen LogP contribution is 2.16. The van der Waals surface area contributed by atoms with E-state index in [0.29, 0.717) is 11.3 Å². The fourth-order valence-electron chi connectivity index (χ4n) is 1.99. The number of halogens is 1. The molecule has 0 saturated carbocycles. The topological polar surface area (TPSA) is 81.7 Å². The Labute approximate surface area is 149 Å². The van der Waals surface area contributed by atoms with E-state index in [1.54, 1.807) is 18.2 Å². The van der Waals surface area contributed by atoms with Crippen molar-refractivity contribution in [1.82, 2.24) is 5.32 Å². The summed E-state index contributed by atoms with van der Waals surface area (Å²) < 4.78 is 22.6. The smallest absolute Gasteiger partial charge is 0.331 e. The highest BCUT2D eigenvalue weighted by atomic mass is 19.1. The molecule has 6 nitrogen and oxygen atoms in total.